The highest BCUT2D eigenvalue weighted by Gasteiger charge is 2.37. The van der Waals surface area contributed by atoms with Crippen molar-refractivity contribution in [3.8, 4) is 5.75 Å². The van der Waals surface area contributed by atoms with Gasteiger partial charge in [0.05, 0.1) is 13.2 Å². The highest BCUT2D eigenvalue weighted by Crippen LogP contribution is 2.32. The normalized spacial score (nSPS) is 23.3. The van der Waals surface area contributed by atoms with Gasteiger partial charge in [-0.2, -0.15) is 0 Å². The first-order chi connectivity index (χ1) is 8.42. The first-order valence-corrected chi connectivity index (χ1v) is 6.56. The predicted octanol–water partition coefficient (Wildman–Crippen LogP) is 2.69. The summed E-state index contributed by atoms with van der Waals surface area (Å²) in [4.78, 5) is 2.27. The number of aliphatic hydroxyl groups is 1. The van der Waals surface area contributed by atoms with E-state index in [0.717, 1.165) is 24.3 Å². The van der Waals surface area contributed by atoms with Gasteiger partial charge in [0, 0.05) is 29.2 Å². The first kappa shape index (κ1) is 13.7. The van der Waals surface area contributed by atoms with Crippen molar-refractivity contribution in [2.24, 2.45) is 0 Å². The van der Waals surface area contributed by atoms with E-state index in [-0.39, 0.29) is 11.6 Å². The summed E-state index contributed by atoms with van der Waals surface area (Å²) in [6.07, 6.45) is 0.556. The van der Waals surface area contributed by atoms with Gasteiger partial charge < -0.3 is 9.84 Å². The Morgan fingerprint density at radius 2 is 2.22 bits per heavy atom. The van der Waals surface area contributed by atoms with Crippen molar-refractivity contribution in [3.63, 3.8) is 0 Å². The molecule has 1 unspecified atom stereocenters. The van der Waals surface area contributed by atoms with Gasteiger partial charge in [0.15, 0.2) is 0 Å². The van der Waals surface area contributed by atoms with Gasteiger partial charge in [-0.05, 0) is 38.5 Å². The van der Waals surface area contributed by atoms with Gasteiger partial charge >= 0.3 is 0 Å². The number of rotatable bonds is 3. The minimum atomic E-state index is -0.245. The summed E-state index contributed by atoms with van der Waals surface area (Å²) in [5, 5.41) is 10.5. The SMILES string of the molecule is COc1ccc(Cl)cc1CN1CC(O)CC1(C)C. The molecule has 100 valence electrons. The zero-order chi connectivity index (χ0) is 13.3. The van der Waals surface area contributed by atoms with Gasteiger partial charge in [-0.3, -0.25) is 4.90 Å². The van der Waals surface area contributed by atoms with Crippen molar-refractivity contribution >= 4 is 11.6 Å². The third-order valence-corrected chi connectivity index (χ3v) is 3.86. The molecule has 0 amide bonds. The molecular formula is C14H20ClNO2. The van der Waals surface area contributed by atoms with Crippen molar-refractivity contribution in [3.05, 3.63) is 28.8 Å². The molecule has 1 N–H and O–H groups in total. The van der Waals surface area contributed by atoms with Crippen LogP contribution in [0.4, 0.5) is 0 Å². The van der Waals surface area contributed by atoms with E-state index in [1.54, 1.807) is 7.11 Å². The number of ether oxygens (including phenoxy) is 1. The van der Waals surface area contributed by atoms with Crippen LogP contribution >= 0.6 is 11.6 Å². The smallest absolute Gasteiger partial charge is 0.123 e. The molecule has 1 aliphatic rings. The number of hydrogen-bond donors (Lipinski definition) is 1. The van der Waals surface area contributed by atoms with Crippen LogP contribution in [0, 0.1) is 0 Å². The third-order valence-electron chi connectivity index (χ3n) is 3.63. The van der Waals surface area contributed by atoms with E-state index in [1.807, 2.05) is 18.2 Å². The Labute approximate surface area is 113 Å². The van der Waals surface area contributed by atoms with Crippen molar-refractivity contribution < 1.29 is 9.84 Å². The summed E-state index contributed by atoms with van der Waals surface area (Å²) >= 11 is 6.04. The van der Waals surface area contributed by atoms with Crippen LogP contribution in [0.25, 0.3) is 0 Å². The van der Waals surface area contributed by atoms with E-state index in [4.69, 9.17) is 16.3 Å². The first-order valence-electron chi connectivity index (χ1n) is 6.18. The molecule has 0 aliphatic carbocycles. The minimum Gasteiger partial charge on any atom is -0.496 e. The average molecular weight is 270 g/mol. The highest BCUT2D eigenvalue weighted by molar-refractivity contribution is 6.30. The molecule has 1 fully saturated rings. The standard InChI is InChI=1S/C14H20ClNO2/c1-14(2)7-12(17)9-16(14)8-10-6-11(15)4-5-13(10)18-3/h4-6,12,17H,7-9H2,1-3H3. The zero-order valence-electron chi connectivity index (χ0n) is 11.1. The fraction of sp³-hybridized carbons (Fsp3) is 0.571. The second kappa shape index (κ2) is 5.08. The van der Waals surface area contributed by atoms with Gasteiger partial charge in [0.2, 0.25) is 0 Å². The lowest BCUT2D eigenvalue weighted by atomic mass is 10.0. The molecule has 1 aromatic carbocycles. The van der Waals surface area contributed by atoms with Crippen LogP contribution in [-0.4, -0.2) is 35.3 Å². The molecule has 0 saturated carbocycles. The minimum absolute atomic E-state index is 0.00669. The number of likely N-dealkylation sites (tertiary alicyclic amines) is 1. The molecular weight excluding hydrogens is 250 g/mol. The van der Waals surface area contributed by atoms with Gasteiger partial charge in [0.1, 0.15) is 5.75 Å². The number of aliphatic hydroxyl groups excluding tert-OH is 1. The van der Waals surface area contributed by atoms with Crippen molar-refractivity contribution in [2.45, 2.75) is 38.5 Å². The highest BCUT2D eigenvalue weighted by atomic mass is 35.5. The van der Waals surface area contributed by atoms with Crippen molar-refractivity contribution in [1.29, 1.82) is 0 Å². The lowest BCUT2D eigenvalue weighted by Crippen LogP contribution is -2.37. The predicted molar refractivity (Wildman–Crippen MR) is 73.1 cm³/mol. The van der Waals surface area contributed by atoms with Crippen LogP contribution in [-0.2, 0) is 6.54 Å². The van der Waals surface area contributed by atoms with Gasteiger partial charge in [-0.1, -0.05) is 11.6 Å². The topological polar surface area (TPSA) is 32.7 Å². The summed E-state index contributed by atoms with van der Waals surface area (Å²) in [6, 6.07) is 5.65. The second-order valence-electron chi connectivity index (χ2n) is 5.51. The van der Waals surface area contributed by atoms with Gasteiger partial charge in [0.25, 0.3) is 0 Å². The summed E-state index contributed by atoms with van der Waals surface area (Å²) in [7, 11) is 1.66. The Morgan fingerprint density at radius 1 is 1.50 bits per heavy atom. The number of halogens is 1. The Kier molecular flexibility index (Phi) is 3.85. The van der Waals surface area contributed by atoms with Crippen molar-refractivity contribution in [1.82, 2.24) is 4.90 Å². The monoisotopic (exact) mass is 269 g/mol. The van der Waals surface area contributed by atoms with E-state index in [9.17, 15) is 5.11 Å². The molecule has 2 rings (SSSR count). The van der Waals surface area contributed by atoms with Crippen LogP contribution in [0.1, 0.15) is 25.8 Å². The fourth-order valence-electron chi connectivity index (χ4n) is 2.63. The Balaban J connectivity index is 2.21. The van der Waals surface area contributed by atoms with E-state index in [1.165, 1.54) is 0 Å². The number of benzene rings is 1. The van der Waals surface area contributed by atoms with E-state index < -0.39 is 0 Å². The number of nitrogens with zero attached hydrogens (tertiary/aromatic N) is 1. The van der Waals surface area contributed by atoms with Crippen LogP contribution in [0.2, 0.25) is 5.02 Å². The molecule has 4 heteroatoms. The van der Waals surface area contributed by atoms with Crippen LogP contribution in [0.5, 0.6) is 5.75 Å². The Morgan fingerprint density at radius 3 is 2.78 bits per heavy atom. The molecule has 0 radical (unpaired) electrons. The summed E-state index contributed by atoms with van der Waals surface area (Å²) in [6.45, 7) is 5.75. The van der Waals surface area contributed by atoms with E-state index in [2.05, 4.69) is 18.7 Å². The molecule has 1 aliphatic heterocycles. The summed E-state index contributed by atoms with van der Waals surface area (Å²) in [5.41, 5.74) is 1.07. The van der Waals surface area contributed by atoms with E-state index in [0.29, 0.717) is 11.6 Å². The molecule has 1 saturated heterocycles. The molecule has 1 heterocycles. The van der Waals surface area contributed by atoms with Crippen LogP contribution < -0.4 is 4.74 Å². The second-order valence-corrected chi connectivity index (χ2v) is 5.94. The number of β-amino-alcohol motifs (C(OH)–C–C–N with tert-alkyl or cyclic N) is 1. The lowest BCUT2D eigenvalue weighted by Gasteiger charge is -2.31. The van der Waals surface area contributed by atoms with Gasteiger partial charge in [-0.25, -0.2) is 0 Å². The lowest BCUT2D eigenvalue weighted by molar-refractivity contribution is 0.155. The largest absolute Gasteiger partial charge is 0.496 e. The maximum Gasteiger partial charge on any atom is 0.123 e. The molecule has 0 aromatic heterocycles. The molecule has 1 atom stereocenters. The van der Waals surface area contributed by atoms with E-state index >= 15 is 0 Å². The van der Waals surface area contributed by atoms with Crippen LogP contribution in [0.3, 0.4) is 0 Å². The average Bonchev–Trinajstić information content (AvgIpc) is 2.52. The molecule has 18 heavy (non-hydrogen) atoms. The summed E-state index contributed by atoms with van der Waals surface area (Å²) in [5.74, 6) is 0.844. The molecule has 1 aromatic rings. The van der Waals surface area contributed by atoms with Gasteiger partial charge in [-0.15, -0.1) is 0 Å². The van der Waals surface area contributed by atoms with Crippen molar-refractivity contribution in [2.75, 3.05) is 13.7 Å². The summed E-state index contributed by atoms with van der Waals surface area (Å²) < 4.78 is 5.36. The molecule has 3 nitrogen and oxygen atoms in total. The maximum atomic E-state index is 9.80. The maximum absolute atomic E-state index is 9.80. The third kappa shape index (κ3) is 2.79. The fourth-order valence-corrected chi connectivity index (χ4v) is 2.82. The molecule has 0 spiro atoms. The zero-order valence-corrected chi connectivity index (χ0v) is 11.9. The molecule has 0 bridgehead atoms. The number of hydrogen-bond acceptors (Lipinski definition) is 3. The van der Waals surface area contributed by atoms with Crippen LogP contribution in [0.15, 0.2) is 18.2 Å². The number of methoxy groups -OCH3 is 1. The quantitative estimate of drug-likeness (QED) is 0.916. The Bertz CT molecular complexity index is 434. The Hall–Kier alpha value is -0.770.